The predicted molar refractivity (Wildman–Crippen MR) is 94.7 cm³/mol. The Morgan fingerprint density at radius 3 is 2.46 bits per heavy atom. The monoisotopic (exact) mass is 360 g/mol. The largest absolute Gasteiger partial charge is 0.347 e. The summed E-state index contributed by atoms with van der Waals surface area (Å²) < 4.78 is 0. The number of rotatable bonds is 2. The van der Waals surface area contributed by atoms with Crippen LogP contribution in [0.25, 0.3) is 0 Å². The summed E-state index contributed by atoms with van der Waals surface area (Å²) in [5.74, 6) is -1.61. The van der Waals surface area contributed by atoms with E-state index in [0.29, 0.717) is 0 Å². The first kappa shape index (κ1) is 19.6. The average molecular weight is 360 g/mol. The zero-order valence-corrected chi connectivity index (χ0v) is 15.0. The van der Waals surface area contributed by atoms with Gasteiger partial charge in [0, 0.05) is 20.0 Å². The van der Waals surface area contributed by atoms with Crippen LogP contribution >= 0.6 is 0 Å². The highest BCUT2D eigenvalue weighted by atomic mass is 16.2. The van der Waals surface area contributed by atoms with Crippen molar-refractivity contribution in [3.63, 3.8) is 0 Å². The summed E-state index contributed by atoms with van der Waals surface area (Å²) in [5.41, 5.74) is 6.57. The molecule has 1 aromatic carbocycles. The van der Waals surface area contributed by atoms with Crippen LogP contribution in [0.4, 0.5) is 0 Å². The second kappa shape index (κ2) is 8.57. The Morgan fingerprint density at radius 1 is 1.15 bits per heavy atom. The number of Topliss-reactive ketones (excluding diaryl/α,β-unsaturated/α-hetero) is 1. The second-order valence-corrected chi connectivity index (χ2v) is 6.43. The van der Waals surface area contributed by atoms with E-state index in [1.807, 2.05) is 30.3 Å². The van der Waals surface area contributed by atoms with Crippen molar-refractivity contribution < 1.29 is 19.2 Å². The lowest BCUT2D eigenvalue weighted by atomic mass is 10.1. The lowest BCUT2D eigenvalue weighted by molar-refractivity contribution is -0.146. The van der Waals surface area contributed by atoms with E-state index in [1.54, 1.807) is 6.92 Å². The number of carbonyl (C=O) groups excluding carboxylic acids is 4. The SMILES string of the molecule is C[C@H]1C(=O)N(C)CC(=O)C(N)CC(=O)NCC(=O)N1Cc1ccccc1. The molecule has 2 rings (SSSR count). The smallest absolute Gasteiger partial charge is 0.245 e. The van der Waals surface area contributed by atoms with Crippen LogP contribution < -0.4 is 11.1 Å². The summed E-state index contributed by atoms with van der Waals surface area (Å²) in [6.07, 6.45) is -0.220. The normalized spacial score (nSPS) is 23.3. The van der Waals surface area contributed by atoms with Crippen LogP contribution in [-0.4, -0.2) is 65.5 Å². The number of amides is 3. The standard InChI is InChI=1S/C18H24N4O4/c1-12-18(26)21(2)11-15(23)14(19)8-16(24)20-9-17(25)22(12)10-13-6-4-3-5-7-13/h3-7,12,14H,8-11,19H2,1-2H3,(H,20,24)/t12-,14?/m0/s1. The number of nitrogens with two attached hydrogens (primary N) is 1. The molecule has 3 amide bonds. The van der Waals surface area contributed by atoms with E-state index in [9.17, 15) is 19.2 Å². The molecule has 3 N–H and O–H groups in total. The van der Waals surface area contributed by atoms with Crippen molar-refractivity contribution in [2.24, 2.45) is 5.73 Å². The molecule has 8 nitrogen and oxygen atoms in total. The van der Waals surface area contributed by atoms with Gasteiger partial charge in [0.15, 0.2) is 5.78 Å². The van der Waals surface area contributed by atoms with Gasteiger partial charge in [-0.3, -0.25) is 19.2 Å². The van der Waals surface area contributed by atoms with Crippen LogP contribution in [0.15, 0.2) is 30.3 Å². The molecule has 26 heavy (non-hydrogen) atoms. The molecular formula is C18H24N4O4. The molecule has 1 heterocycles. The molecule has 1 aliphatic heterocycles. The number of ketones is 1. The fraction of sp³-hybridized carbons (Fsp3) is 0.444. The first-order chi connectivity index (χ1) is 12.3. The number of likely N-dealkylation sites (N-methyl/N-ethyl adjacent to an activating group) is 1. The minimum absolute atomic E-state index is 0.203. The van der Waals surface area contributed by atoms with Crippen molar-refractivity contribution in [1.82, 2.24) is 15.1 Å². The van der Waals surface area contributed by atoms with Crippen LogP contribution in [0.2, 0.25) is 0 Å². The van der Waals surface area contributed by atoms with E-state index in [4.69, 9.17) is 5.73 Å². The minimum atomic E-state index is -1.00. The lowest BCUT2D eigenvalue weighted by Crippen LogP contribution is -2.53. The van der Waals surface area contributed by atoms with Gasteiger partial charge in [-0.2, -0.15) is 0 Å². The molecular weight excluding hydrogens is 336 g/mol. The van der Waals surface area contributed by atoms with Crippen molar-refractivity contribution in [3.8, 4) is 0 Å². The van der Waals surface area contributed by atoms with E-state index in [-0.39, 0.29) is 37.9 Å². The Hall–Kier alpha value is -2.74. The highest BCUT2D eigenvalue weighted by Gasteiger charge is 2.31. The summed E-state index contributed by atoms with van der Waals surface area (Å²) in [6, 6.07) is 7.47. The average Bonchev–Trinajstić information content (AvgIpc) is 2.62. The van der Waals surface area contributed by atoms with Gasteiger partial charge in [-0.25, -0.2) is 0 Å². The number of carbonyl (C=O) groups is 4. The second-order valence-electron chi connectivity index (χ2n) is 6.43. The molecule has 0 aromatic heterocycles. The first-order valence-electron chi connectivity index (χ1n) is 8.43. The predicted octanol–water partition coefficient (Wildman–Crippen LogP) is -0.722. The van der Waals surface area contributed by atoms with Gasteiger partial charge in [-0.1, -0.05) is 30.3 Å². The van der Waals surface area contributed by atoms with Gasteiger partial charge in [0.05, 0.1) is 19.1 Å². The Balaban J connectivity index is 2.27. The van der Waals surface area contributed by atoms with E-state index in [2.05, 4.69) is 5.32 Å². The summed E-state index contributed by atoms with van der Waals surface area (Å²) >= 11 is 0. The van der Waals surface area contributed by atoms with Crippen LogP contribution in [0, 0.1) is 0 Å². The van der Waals surface area contributed by atoms with Gasteiger partial charge in [0.1, 0.15) is 6.04 Å². The fourth-order valence-corrected chi connectivity index (χ4v) is 2.76. The number of hydrogen-bond acceptors (Lipinski definition) is 5. The van der Waals surface area contributed by atoms with Gasteiger partial charge >= 0.3 is 0 Å². The number of hydrogen-bond donors (Lipinski definition) is 2. The third-order valence-electron chi connectivity index (χ3n) is 4.37. The van der Waals surface area contributed by atoms with Gasteiger partial charge in [0.25, 0.3) is 0 Å². The maximum absolute atomic E-state index is 12.7. The maximum atomic E-state index is 12.7. The molecule has 0 bridgehead atoms. The summed E-state index contributed by atoms with van der Waals surface area (Å²) in [7, 11) is 1.49. The van der Waals surface area contributed by atoms with Gasteiger partial charge in [0.2, 0.25) is 17.7 Å². The topological polar surface area (TPSA) is 113 Å². The molecule has 1 saturated heterocycles. The highest BCUT2D eigenvalue weighted by Crippen LogP contribution is 2.11. The number of benzene rings is 1. The number of nitrogens with zero attached hydrogens (tertiary/aromatic N) is 2. The molecule has 8 heteroatoms. The molecule has 1 unspecified atom stereocenters. The molecule has 1 aliphatic rings. The Bertz CT molecular complexity index is 692. The van der Waals surface area contributed by atoms with E-state index in [1.165, 1.54) is 16.8 Å². The molecule has 1 fully saturated rings. The zero-order chi connectivity index (χ0) is 19.3. The first-order valence-corrected chi connectivity index (χ1v) is 8.43. The molecule has 2 atom stereocenters. The third kappa shape index (κ3) is 4.89. The lowest BCUT2D eigenvalue weighted by Gasteiger charge is -2.32. The molecule has 0 spiro atoms. The van der Waals surface area contributed by atoms with Gasteiger partial charge in [-0.15, -0.1) is 0 Å². The van der Waals surface area contributed by atoms with Crippen LogP contribution in [0.1, 0.15) is 18.9 Å². The molecule has 0 radical (unpaired) electrons. The van der Waals surface area contributed by atoms with Crippen molar-refractivity contribution >= 4 is 23.5 Å². The zero-order valence-electron chi connectivity index (χ0n) is 15.0. The molecule has 1 aromatic rings. The van der Waals surface area contributed by atoms with Crippen molar-refractivity contribution in [3.05, 3.63) is 35.9 Å². The molecule has 140 valence electrons. The van der Waals surface area contributed by atoms with Crippen LogP contribution in [0.3, 0.4) is 0 Å². The summed E-state index contributed by atoms with van der Waals surface area (Å²) in [4.78, 5) is 52.0. The fourth-order valence-electron chi connectivity index (χ4n) is 2.76. The van der Waals surface area contributed by atoms with Crippen LogP contribution in [-0.2, 0) is 25.7 Å². The maximum Gasteiger partial charge on any atom is 0.245 e. The molecule has 0 saturated carbocycles. The summed E-state index contributed by atoms with van der Waals surface area (Å²) in [6.45, 7) is 1.38. The van der Waals surface area contributed by atoms with Crippen molar-refractivity contribution in [1.29, 1.82) is 0 Å². The Kier molecular flexibility index (Phi) is 6.46. The quantitative estimate of drug-likeness (QED) is 0.723. The van der Waals surface area contributed by atoms with Gasteiger partial charge < -0.3 is 20.9 Å². The third-order valence-corrected chi connectivity index (χ3v) is 4.37. The summed E-state index contributed by atoms with van der Waals surface area (Å²) in [5, 5.41) is 2.48. The number of nitrogens with one attached hydrogen (secondary N) is 1. The van der Waals surface area contributed by atoms with Crippen molar-refractivity contribution in [2.45, 2.75) is 32.0 Å². The highest BCUT2D eigenvalue weighted by molar-refractivity contribution is 5.96. The Morgan fingerprint density at radius 2 is 1.81 bits per heavy atom. The van der Waals surface area contributed by atoms with Crippen molar-refractivity contribution in [2.75, 3.05) is 20.1 Å². The van der Waals surface area contributed by atoms with E-state index >= 15 is 0 Å². The van der Waals surface area contributed by atoms with Gasteiger partial charge in [-0.05, 0) is 12.5 Å². The Labute approximate surface area is 152 Å². The van der Waals surface area contributed by atoms with E-state index in [0.717, 1.165) is 5.56 Å². The van der Waals surface area contributed by atoms with E-state index < -0.39 is 23.8 Å². The van der Waals surface area contributed by atoms with Crippen LogP contribution in [0.5, 0.6) is 0 Å². The molecule has 0 aliphatic carbocycles. The minimum Gasteiger partial charge on any atom is -0.347 e.